The Balaban J connectivity index is 1.85. The van der Waals surface area contributed by atoms with E-state index in [0.717, 1.165) is 16.9 Å². The second-order valence-corrected chi connectivity index (χ2v) is 4.87. The van der Waals surface area contributed by atoms with Crippen LogP contribution >= 0.6 is 0 Å². The maximum Gasteiger partial charge on any atom is 0.270 e. The quantitative estimate of drug-likeness (QED) is 0.896. The molecular formula is C15H16N4O2. The maximum atomic E-state index is 11.6. The number of amides is 1. The fourth-order valence-electron chi connectivity index (χ4n) is 2.35. The number of nitrogens with zero attached hydrogens (tertiary/aromatic N) is 2. The zero-order valence-electron chi connectivity index (χ0n) is 11.9. The van der Waals surface area contributed by atoms with Gasteiger partial charge in [-0.15, -0.1) is 0 Å². The van der Waals surface area contributed by atoms with Crippen LogP contribution in [-0.4, -0.2) is 23.0 Å². The van der Waals surface area contributed by atoms with Crippen LogP contribution in [0, 0.1) is 0 Å². The van der Waals surface area contributed by atoms with Gasteiger partial charge in [-0.05, 0) is 24.6 Å². The fraction of sp³-hybridized carbons (Fsp3) is 0.267. The second-order valence-electron chi connectivity index (χ2n) is 4.87. The molecule has 2 heterocycles. The number of fused-ring (bicyclic) bond motifs is 1. The van der Waals surface area contributed by atoms with Crippen molar-refractivity contribution in [2.45, 2.75) is 19.5 Å². The molecule has 1 aliphatic rings. The van der Waals surface area contributed by atoms with Gasteiger partial charge < -0.3 is 15.4 Å². The molecule has 1 aromatic carbocycles. The zero-order valence-corrected chi connectivity index (χ0v) is 11.9. The summed E-state index contributed by atoms with van der Waals surface area (Å²) in [5.74, 6) is 1.35. The lowest BCUT2D eigenvalue weighted by Gasteiger charge is -2.17. The third-order valence-electron chi connectivity index (χ3n) is 3.53. The Morgan fingerprint density at radius 3 is 3.05 bits per heavy atom. The standard InChI is InChI=1S/C15H16N4O2/c1-9(10-4-3-5-11(6-10)21-2)19-14-12-7-16-15(20)13(12)17-8-18-14/h3-6,8-9H,7H2,1-2H3,(H,16,20)(H,17,18,19). The van der Waals surface area contributed by atoms with Gasteiger partial charge in [-0.1, -0.05) is 12.1 Å². The van der Waals surface area contributed by atoms with E-state index in [4.69, 9.17) is 4.74 Å². The first-order chi connectivity index (χ1) is 10.2. The molecule has 0 spiro atoms. The number of methoxy groups -OCH3 is 1. The summed E-state index contributed by atoms with van der Waals surface area (Å²) < 4.78 is 5.24. The van der Waals surface area contributed by atoms with Crippen LogP contribution in [-0.2, 0) is 6.54 Å². The van der Waals surface area contributed by atoms with Crippen LogP contribution in [0.15, 0.2) is 30.6 Å². The van der Waals surface area contributed by atoms with Gasteiger partial charge in [-0.3, -0.25) is 4.79 Å². The van der Waals surface area contributed by atoms with Crippen LogP contribution in [0.5, 0.6) is 5.75 Å². The topological polar surface area (TPSA) is 76.1 Å². The van der Waals surface area contributed by atoms with E-state index in [1.54, 1.807) is 7.11 Å². The van der Waals surface area contributed by atoms with Crippen molar-refractivity contribution in [3.8, 4) is 5.75 Å². The SMILES string of the molecule is COc1cccc(C(C)Nc2ncnc3c2CNC3=O)c1. The van der Waals surface area contributed by atoms with Crippen LogP contribution in [0.2, 0.25) is 0 Å². The number of ether oxygens (including phenoxy) is 1. The highest BCUT2D eigenvalue weighted by atomic mass is 16.5. The minimum Gasteiger partial charge on any atom is -0.497 e. The van der Waals surface area contributed by atoms with E-state index < -0.39 is 0 Å². The third kappa shape index (κ3) is 2.52. The summed E-state index contributed by atoms with van der Waals surface area (Å²) in [5, 5.41) is 6.09. The highest BCUT2D eigenvalue weighted by Gasteiger charge is 2.24. The number of rotatable bonds is 4. The van der Waals surface area contributed by atoms with Gasteiger partial charge in [0.25, 0.3) is 5.91 Å². The molecule has 1 aliphatic heterocycles. The molecule has 1 amide bonds. The van der Waals surface area contributed by atoms with E-state index in [1.807, 2.05) is 31.2 Å². The molecular weight excluding hydrogens is 268 g/mol. The minimum absolute atomic E-state index is 0.0369. The predicted molar refractivity (Wildman–Crippen MR) is 78.2 cm³/mol. The summed E-state index contributed by atoms with van der Waals surface area (Å²) in [6, 6.07) is 7.88. The summed E-state index contributed by atoms with van der Waals surface area (Å²) in [5.41, 5.74) is 2.35. The van der Waals surface area contributed by atoms with Crippen molar-refractivity contribution in [2.24, 2.45) is 0 Å². The van der Waals surface area contributed by atoms with Gasteiger partial charge in [0.05, 0.1) is 13.2 Å². The van der Waals surface area contributed by atoms with Crippen molar-refractivity contribution in [1.82, 2.24) is 15.3 Å². The smallest absolute Gasteiger partial charge is 0.270 e. The Morgan fingerprint density at radius 2 is 2.24 bits per heavy atom. The van der Waals surface area contributed by atoms with Crippen LogP contribution in [0.25, 0.3) is 0 Å². The molecule has 0 radical (unpaired) electrons. The number of carbonyl (C=O) groups excluding carboxylic acids is 1. The molecule has 0 aliphatic carbocycles. The number of anilines is 1. The average Bonchev–Trinajstić information content (AvgIpc) is 2.90. The number of hydrogen-bond donors (Lipinski definition) is 2. The molecule has 108 valence electrons. The van der Waals surface area contributed by atoms with Gasteiger partial charge in [0.2, 0.25) is 0 Å². The lowest BCUT2D eigenvalue weighted by atomic mass is 10.1. The van der Waals surface area contributed by atoms with E-state index in [1.165, 1.54) is 6.33 Å². The Hall–Kier alpha value is -2.63. The predicted octanol–water partition coefficient (Wildman–Crippen LogP) is 1.90. The van der Waals surface area contributed by atoms with Crippen molar-refractivity contribution in [3.63, 3.8) is 0 Å². The largest absolute Gasteiger partial charge is 0.497 e. The normalized spacial score (nSPS) is 14.3. The molecule has 21 heavy (non-hydrogen) atoms. The van der Waals surface area contributed by atoms with E-state index in [-0.39, 0.29) is 11.9 Å². The van der Waals surface area contributed by atoms with Gasteiger partial charge >= 0.3 is 0 Å². The van der Waals surface area contributed by atoms with Gasteiger partial charge in [0, 0.05) is 12.1 Å². The van der Waals surface area contributed by atoms with E-state index in [9.17, 15) is 4.79 Å². The molecule has 6 nitrogen and oxygen atoms in total. The van der Waals surface area contributed by atoms with Crippen molar-refractivity contribution in [3.05, 3.63) is 47.4 Å². The Labute approximate surface area is 122 Å². The molecule has 0 saturated carbocycles. The lowest BCUT2D eigenvalue weighted by molar-refractivity contribution is 0.0961. The average molecular weight is 284 g/mol. The van der Waals surface area contributed by atoms with Gasteiger partial charge in [-0.25, -0.2) is 9.97 Å². The molecule has 1 atom stereocenters. The molecule has 0 fully saturated rings. The van der Waals surface area contributed by atoms with Crippen molar-refractivity contribution < 1.29 is 9.53 Å². The van der Waals surface area contributed by atoms with E-state index in [2.05, 4.69) is 20.6 Å². The van der Waals surface area contributed by atoms with Gasteiger partial charge in [0.15, 0.2) is 0 Å². The Morgan fingerprint density at radius 1 is 1.38 bits per heavy atom. The van der Waals surface area contributed by atoms with Crippen LogP contribution < -0.4 is 15.4 Å². The van der Waals surface area contributed by atoms with Crippen molar-refractivity contribution in [1.29, 1.82) is 0 Å². The van der Waals surface area contributed by atoms with Crippen molar-refractivity contribution >= 4 is 11.7 Å². The number of aromatic nitrogens is 2. The first-order valence-corrected chi connectivity index (χ1v) is 6.71. The molecule has 0 saturated heterocycles. The van der Waals surface area contributed by atoms with Crippen LogP contribution in [0.3, 0.4) is 0 Å². The fourth-order valence-corrected chi connectivity index (χ4v) is 2.35. The number of carbonyl (C=O) groups is 1. The molecule has 2 aromatic rings. The van der Waals surface area contributed by atoms with E-state index >= 15 is 0 Å². The first-order valence-electron chi connectivity index (χ1n) is 6.71. The summed E-state index contributed by atoms with van der Waals surface area (Å²) in [6.07, 6.45) is 1.41. The minimum atomic E-state index is -0.149. The molecule has 2 N–H and O–H groups in total. The van der Waals surface area contributed by atoms with Crippen LogP contribution in [0.4, 0.5) is 5.82 Å². The molecule has 6 heteroatoms. The number of hydrogen-bond acceptors (Lipinski definition) is 5. The van der Waals surface area contributed by atoms with Crippen molar-refractivity contribution in [2.75, 3.05) is 12.4 Å². The monoisotopic (exact) mass is 284 g/mol. The van der Waals surface area contributed by atoms with Gasteiger partial charge in [0.1, 0.15) is 23.6 Å². The summed E-state index contributed by atoms with van der Waals surface area (Å²) in [7, 11) is 1.64. The Kier molecular flexibility index (Phi) is 3.43. The first kappa shape index (κ1) is 13.4. The second kappa shape index (κ2) is 5.40. The summed E-state index contributed by atoms with van der Waals surface area (Å²) >= 11 is 0. The number of benzene rings is 1. The van der Waals surface area contributed by atoms with Gasteiger partial charge in [-0.2, -0.15) is 0 Å². The lowest BCUT2D eigenvalue weighted by Crippen LogP contribution is -2.13. The maximum absolute atomic E-state index is 11.6. The summed E-state index contributed by atoms with van der Waals surface area (Å²) in [4.78, 5) is 19.9. The Bertz CT molecular complexity index is 687. The van der Waals surface area contributed by atoms with Crippen LogP contribution in [0.1, 0.15) is 34.6 Å². The third-order valence-corrected chi connectivity index (χ3v) is 3.53. The molecule has 1 unspecified atom stereocenters. The zero-order chi connectivity index (χ0) is 14.8. The number of nitrogens with one attached hydrogen (secondary N) is 2. The molecule has 3 rings (SSSR count). The highest BCUT2D eigenvalue weighted by Crippen LogP contribution is 2.26. The van der Waals surface area contributed by atoms with E-state index in [0.29, 0.717) is 18.1 Å². The molecule has 1 aromatic heterocycles. The molecule has 0 bridgehead atoms. The highest BCUT2D eigenvalue weighted by molar-refractivity contribution is 5.97. The summed E-state index contributed by atoms with van der Waals surface area (Å²) in [6.45, 7) is 2.50.